The summed E-state index contributed by atoms with van der Waals surface area (Å²) in [7, 11) is 1.36. The molecule has 0 amide bonds. The van der Waals surface area contributed by atoms with Crippen LogP contribution >= 0.6 is 0 Å². The molecule has 0 aromatic carbocycles. The molecule has 0 fully saturated rings. The van der Waals surface area contributed by atoms with E-state index >= 15 is 0 Å². The minimum Gasteiger partial charge on any atom is -0.467 e. The molecule has 1 rings (SSSR count). The van der Waals surface area contributed by atoms with Crippen LogP contribution in [0.1, 0.15) is 6.92 Å². The molecule has 8 heavy (non-hydrogen) atoms. The fourth-order valence-corrected chi connectivity index (χ4v) is 0.501. The van der Waals surface area contributed by atoms with E-state index in [9.17, 15) is 4.79 Å². The van der Waals surface area contributed by atoms with Crippen molar-refractivity contribution >= 4 is 11.7 Å². The van der Waals surface area contributed by atoms with Gasteiger partial charge in [-0.05, 0) is 6.92 Å². The van der Waals surface area contributed by atoms with E-state index in [-0.39, 0.29) is 12.0 Å². The largest absolute Gasteiger partial charge is 0.467 e. The van der Waals surface area contributed by atoms with Gasteiger partial charge >= 0.3 is 5.97 Å². The first-order chi connectivity index (χ1) is 3.75. The minimum atomic E-state index is -0.248. The molecular formula is C5H7NO2. The first-order valence-electron chi connectivity index (χ1n) is 2.38. The van der Waals surface area contributed by atoms with E-state index in [0.29, 0.717) is 0 Å². The lowest BCUT2D eigenvalue weighted by molar-refractivity contribution is -0.139. The molecule has 1 aliphatic rings. The standard InChI is InChI=1S/C5H7NO2/c1-3-4(6-3)5(7)8-2/h4H,1-2H3/t4-/m1/s1. The van der Waals surface area contributed by atoms with Gasteiger partial charge in [-0.25, -0.2) is 4.79 Å². The molecule has 0 radical (unpaired) electrons. The quantitative estimate of drug-likeness (QED) is 0.449. The van der Waals surface area contributed by atoms with Crippen LogP contribution in [0.4, 0.5) is 0 Å². The van der Waals surface area contributed by atoms with Crippen LogP contribution in [0, 0.1) is 0 Å². The molecule has 0 aliphatic carbocycles. The van der Waals surface area contributed by atoms with Crippen LogP contribution in [0.3, 0.4) is 0 Å². The summed E-state index contributed by atoms with van der Waals surface area (Å²) in [5.41, 5.74) is 0.872. The van der Waals surface area contributed by atoms with Gasteiger partial charge < -0.3 is 4.74 Å². The zero-order chi connectivity index (χ0) is 6.15. The molecule has 44 valence electrons. The Hall–Kier alpha value is -0.860. The summed E-state index contributed by atoms with van der Waals surface area (Å²) in [4.78, 5) is 14.2. The molecule has 0 aromatic heterocycles. The Morgan fingerprint density at radius 1 is 1.88 bits per heavy atom. The normalized spacial score (nSPS) is 24.2. The first kappa shape index (κ1) is 5.28. The van der Waals surface area contributed by atoms with Crippen molar-refractivity contribution in [2.45, 2.75) is 13.0 Å². The highest BCUT2D eigenvalue weighted by Gasteiger charge is 2.31. The van der Waals surface area contributed by atoms with Gasteiger partial charge in [0.1, 0.15) is 0 Å². The van der Waals surface area contributed by atoms with Gasteiger partial charge in [0.05, 0.1) is 7.11 Å². The Balaban J connectivity index is 2.32. The smallest absolute Gasteiger partial charge is 0.336 e. The number of methoxy groups -OCH3 is 1. The zero-order valence-electron chi connectivity index (χ0n) is 4.84. The van der Waals surface area contributed by atoms with E-state index in [0.717, 1.165) is 5.71 Å². The highest BCUT2D eigenvalue weighted by molar-refractivity contribution is 6.14. The third-order valence-electron chi connectivity index (χ3n) is 1.09. The fraction of sp³-hybridized carbons (Fsp3) is 0.600. The summed E-state index contributed by atoms with van der Waals surface area (Å²) in [6, 6.07) is -0.236. The minimum absolute atomic E-state index is 0.236. The summed E-state index contributed by atoms with van der Waals surface area (Å²) in [6.45, 7) is 1.81. The number of rotatable bonds is 1. The molecule has 0 bridgehead atoms. The molecule has 1 aliphatic heterocycles. The van der Waals surface area contributed by atoms with Gasteiger partial charge in [-0.1, -0.05) is 0 Å². The molecule has 0 saturated heterocycles. The maximum atomic E-state index is 10.4. The lowest BCUT2D eigenvalue weighted by atomic mass is 10.3. The summed E-state index contributed by atoms with van der Waals surface area (Å²) in [5, 5.41) is 0. The Morgan fingerprint density at radius 3 is 2.50 bits per heavy atom. The van der Waals surface area contributed by atoms with Crippen LogP contribution in [0.25, 0.3) is 0 Å². The third kappa shape index (κ3) is 0.710. The molecule has 3 heteroatoms. The number of esters is 1. The fourth-order valence-electron chi connectivity index (χ4n) is 0.501. The van der Waals surface area contributed by atoms with Crippen molar-refractivity contribution in [3.05, 3.63) is 0 Å². The van der Waals surface area contributed by atoms with Gasteiger partial charge in [0, 0.05) is 5.71 Å². The van der Waals surface area contributed by atoms with Crippen molar-refractivity contribution in [2.24, 2.45) is 4.99 Å². The van der Waals surface area contributed by atoms with E-state index in [4.69, 9.17) is 0 Å². The van der Waals surface area contributed by atoms with Gasteiger partial charge in [0.2, 0.25) is 0 Å². The lowest BCUT2D eigenvalue weighted by Crippen LogP contribution is -2.12. The Labute approximate surface area is 47.4 Å². The van der Waals surface area contributed by atoms with Crippen LogP contribution in [0.2, 0.25) is 0 Å². The van der Waals surface area contributed by atoms with Crippen LogP contribution < -0.4 is 0 Å². The van der Waals surface area contributed by atoms with Gasteiger partial charge in [0.15, 0.2) is 6.04 Å². The van der Waals surface area contributed by atoms with E-state index in [1.807, 2.05) is 6.92 Å². The molecule has 0 N–H and O–H groups in total. The van der Waals surface area contributed by atoms with Crippen LogP contribution in [0.15, 0.2) is 4.99 Å². The average molecular weight is 113 g/mol. The Kier molecular flexibility index (Phi) is 1.04. The van der Waals surface area contributed by atoms with E-state index in [1.54, 1.807) is 0 Å². The van der Waals surface area contributed by atoms with Crippen molar-refractivity contribution in [1.82, 2.24) is 0 Å². The van der Waals surface area contributed by atoms with Crippen molar-refractivity contribution < 1.29 is 9.53 Å². The molecule has 1 atom stereocenters. The predicted octanol–water partition coefficient (Wildman–Crippen LogP) is 0.00250. The first-order valence-corrected chi connectivity index (χ1v) is 2.38. The molecule has 0 aromatic rings. The van der Waals surface area contributed by atoms with E-state index < -0.39 is 0 Å². The SMILES string of the molecule is COC(=O)[C@@H]1N=C1C. The van der Waals surface area contributed by atoms with Gasteiger partial charge in [-0.2, -0.15) is 0 Å². The van der Waals surface area contributed by atoms with E-state index in [2.05, 4.69) is 9.73 Å². The Bertz CT molecular complexity index is 151. The maximum Gasteiger partial charge on any atom is 0.336 e. The van der Waals surface area contributed by atoms with Crippen molar-refractivity contribution in [2.75, 3.05) is 7.11 Å². The third-order valence-corrected chi connectivity index (χ3v) is 1.09. The number of carbonyl (C=O) groups is 1. The van der Waals surface area contributed by atoms with Crippen LogP contribution in [0.5, 0.6) is 0 Å². The average Bonchev–Trinajstić information content (AvgIpc) is 2.45. The van der Waals surface area contributed by atoms with Crippen LogP contribution in [-0.4, -0.2) is 24.8 Å². The van der Waals surface area contributed by atoms with Gasteiger partial charge in [-0.15, -0.1) is 0 Å². The molecule has 1 heterocycles. The summed E-state index contributed by atoms with van der Waals surface area (Å²) in [6.07, 6.45) is 0. The second-order valence-electron chi connectivity index (χ2n) is 1.70. The number of hydrogen-bond acceptors (Lipinski definition) is 3. The summed E-state index contributed by atoms with van der Waals surface area (Å²) < 4.78 is 4.39. The highest BCUT2D eigenvalue weighted by atomic mass is 16.5. The number of carbonyl (C=O) groups excluding carboxylic acids is 1. The number of hydrogen-bond donors (Lipinski definition) is 0. The van der Waals surface area contributed by atoms with Gasteiger partial charge in [0.25, 0.3) is 0 Å². The maximum absolute atomic E-state index is 10.4. The second kappa shape index (κ2) is 1.58. The predicted molar refractivity (Wildman–Crippen MR) is 28.9 cm³/mol. The van der Waals surface area contributed by atoms with Crippen molar-refractivity contribution in [3.63, 3.8) is 0 Å². The monoisotopic (exact) mass is 113 g/mol. The number of aliphatic imine (C=N–C) groups is 1. The lowest BCUT2D eigenvalue weighted by Gasteiger charge is -1.90. The zero-order valence-corrected chi connectivity index (χ0v) is 4.84. The van der Waals surface area contributed by atoms with Crippen LogP contribution in [-0.2, 0) is 9.53 Å². The number of ether oxygens (including phenoxy) is 1. The van der Waals surface area contributed by atoms with Crippen molar-refractivity contribution in [3.8, 4) is 0 Å². The summed E-state index contributed by atoms with van der Waals surface area (Å²) in [5.74, 6) is -0.248. The number of nitrogens with zero attached hydrogens (tertiary/aromatic N) is 1. The molecule has 0 unspecified atom stereocenters. The molecular weight excluding hydrogens is 106 g/mol. The molecule has 0 saturated carbocycles. The van der Waals surface area contributed by atoms with Gasteiger partial charge in [-0.3, -0.25) is 4.99 Å². The molecule has 3 nitrogen and oxygen atoms in total. The van der Waals surface area contributed by atoms with Crippen molar-refractivity contribution in [1.29, 1.82) is 0 Å². The summed E-state index contributed by atoms with van der Waals surface area (Å²) >= 11 is 0. The van der Waals surface area contributed by atoms with E-state index in [1.165, 1.54) is 7.11 Å². The second-order valence-corrected chi connectivity index (χ2v) is 1.70. The molecule has 0 spiro atoms. The topological polar surface area (TPSA) is 38.7 Å². The Morgan fingerprint density at radius 2 is 2.38 bits per heavy atom. The highest BCUT2D eigenvalue weighted by Crippen LogP contribution is 2.11.